The van der Waals surface area contributed by atoms with Gasteiger partial charge in [0.15, 0.2) is 0 Å². The molecule has 1 aliphatic heterocycles. The van der Waals surface area contributed by atoms with Crippen molar-refractivity contribution in [3.8, 4) is 0 Å². The Morgan fingerprint density at radius 2 is 2.32 bits per heavy atom. The minimum absolute atomic E-state index is 0.0196. The van der Waals surface area contributed by atoms with Crippen LogP contribution in [0.25, 0.3) is 0 Å². The number of aryl methyl sites for hydroxylation is 1. The molecule has 1 N–H and O–H groups in total. The van der Waals surface area contributed by atoms with Gasteiger partial charge in [-0.2, -0.15) is 5.10 Å². The van der Waals surface area contributed by atoms with Crippen molar-refractivity contribution in [3.05, 3.63) is 46.4 Å². The normalized spacial score (nSPS) is 17.9. The van der Waals surface area contributed by atoms with Gasteiger partial charge in [-0.15, -0.1) is 0 Å². The average Bonchev–Trinajstić information content (AvgIpc) is 3.10. The molecule has 1 aliphatic rings. The lowest BCUT2D eigenvalue weighted by molar-refractivity contribution is -0.0251. The minimum Gasteiger partial charge on any atom is -0.375 e. The highest BCUT2D eigenvalue weighted by molar-refractivity contribution is 5.92. The van der Waals surface area contributed by atoms with E-state index in [-0.39, 0.29) is 23.6 Å². The highest BCUT2D eigenvalue weighted by Crippen LogP contribution is 2.16. The first-order valence-electron chi connectivity index (χ1n) is 8.52. The molecule has 3 rings (SSSR count). The standard InChI is InChI=1S/C17H23N5O3/c1-12(2)22-15(5-6-20-22)17(24)21-7-8-25-14(10-21)4-3-13-9-16(23)19-11-18-13/h5-6,9,11-12,14H,3-4,7-8,10H2,1-2H3,(H,18,19,23)/t14-/m1/s1. The molecule has 0 radical (unpaired) electrons. The molecule has 0 aliphatic carbocycles. The zero-order valence-corrected chi connectivity index (χ0v) is 14.5. The second kappa shape index (κ2) is 7.60. The second-order valence-electron chi connectivity index (χ2n) is 6.44. The van der Waals surface area contributed by atoms with Crippen LogP contribution in [0.5, 0.6) is 0 Å². The van der Waals surface area contributed by atoms with Crippen LogP contribution in [-0.4, -0.2) is 56.4 Å². The van der Waals surface area contributed by atoms with E-state index in [4.69, 9.17) is 4.74 Å². The molecule has 2 aromatic rings. The molecular formula is C17H23N5O3. The predicted octanol–water partition coefficient (Wildman–Crippen LogP) is 1.02. The number of carbonyl (C=O) groups is 1. The van der Waals surface area contributed by atoms with Gasteiger partial charge in [-0.3, -0.25) is 14.3 Å². The Bertz CT molecular complexity index is 782. The maximum absolute atomic E-state index is 12.8. The molecule has 0 bridgehead atoms. The number of nitrogens with zero attached hydrogens (tertiary/aromatic N) is 4. The number of H-pyrrole nitrogens is 1. The number of carbonyl (C=O) groups excluding carboxylic acids is 1. The van der Waals surface area contributed by atoms with E-state index in [1.807, 2.05) is 18.7 Å². The molecule has 8 nitrogen and oxygen atoms in total. The molecule has 0 aromatic carbocycles. The summed E-state index contributed by atoms with van der Waals surface area (Å²) in [6, 6.07) is 3.38. The third-order valence-electron chi connectivity index (χ3n) is 4.26. The molecule has 3 heterocycles. The summed E-state index contributed by atoms with van der Waals surface area (Å²) in [5, 5.41) is 4.23. The van der Waals surface area contributed by atoms with Gasteiger partial charge in [0.1, 0.15) is 5.69 Å². The summed E-state index contributed by atoms with van der Waals surface area (Å²) in [6.45, 7) is 5.61. The first kappa shape index (κ1) is 17.3. The molecule has 134 valence electrons. The summed E-state index contributed by atoms with van der Waals surface area (Å²) >= 11 is 0. The van der Waals surface area contributed by atoms with E-state index < -0.39 is 0 Å². The Hall–Kier alpha value is -2.48. The Morgan fingerprint density at radius 1 is 1.48 bits per heavy atom. The molecule has 2 aromatic heterocycles. The van der Waals surface area contributed by atoms with Crippen LogP contribution in [0.3, 0.4) is 0 Å². The quantitative estimate of drug-likeness (QED) is 0.873. The Kier molecular flexibility index (Phi) is 5.28. The number of rotatable bonds is 5. The van der Waals surface area contributed by atoms with E-state index in [2.05, 4.69) is 15.1 Å². The van der Waals surface area contributed by atoms with Crippen LogP contribution in [-0.2, 0) is 11.2 Å². The van der Waals surface area contributed by atoms with Gasteiger partial charge >= 0.3 is 0 Å². The summed E-state index contributed by atoms with van der Waals surface area (Å²) in [5.41, 5.74) is 1.17. The van der Waals surface area contributed by atoms with Crippen LogP contribution in [0.4, 0.5) is 0 Å². The zero-order valence-electron chi connectivity index (χ0n) is 14.5. The molecule has 8 heteroatoms. The van der Waals surface area contributed by atoms with Crippen LogP contribution < -0.4 is 5.56 Å². The van der Waals surface area contributed by atoms with Gasteiger partial charge in [0.2, 0.25) is 0 Å². The minimum atomic E-state index is -0.159. The molecule has 1 atom stereocenters. The van der Waals surface area contributed by atoms with Crippen LogP contribution >= 0.6 is 0 Å². The molecule has 1 fully saturated rings. The fourth-order valence-corrected chi connectivity index (χ4v) is 2.99. The van der Waals surface area contributed by atoms with Crippen molar-refractivity contribution in [2.45, 2.75) is 38.8 Å². The molecular weight excluding hydrogens is 322 g/mol. The summed E-state index contributed by atoms with van der Waals surface area (Å²) < 4.78 is 7.52. The van der Waals surface area contributed by atoms with Crippen LogP contribution in [0.1, 0.15) is 42.5 Å². The number of aromatic amines is 1. The molecule has 25 heavy (non-hydrogen) atoms. The van der Waals surface area contributed by atoms with E-state index in [1.54, 1.807) is 16.9 Å². The van der Waals surface area contributed by atoms with Gasteiger partial charge < -0.3 is 14.6 Å². The number of amides is 1. The highest BCUT2D eigenvalue weighted by atomic mass is 16.5. The average molecular weight is 345 g/mol. The van der Waals surface area contributed by atoms with Gasteiger partial charge in [-0.25, -0.2) is 4.98 Å². The Balaban J connectivity index is 1.61. The SMILES string of the molecule is CC(C)n1nccc1C(=O)N1CCO[C@H](CCc2cc(=O)[nH]cn2)C1. The molecule has 0 saturated carbocycles. The van der Waals surface area contributed by atoms with Crippen molar-refractivity contribution < 1.29 is 9.53 Å². The largest absolute Gasteiger partial charge is 0.375 e. The van der Waals surface area contributed by atoms with E-state index in [1.165, 1.54) is 12.4 Å². The number of ether oxygens (including phenoxy) is 1. The van der Waals surface area contributed by atoms with E-state index in [0.29, 0.717) is 38.2 Å². The second-order valence-corrected chi connectivity index (χ2v) is 6.44. The van der Waals surface area contributed by atoms with Gasteiger partial charge in [-0.05, 0) is 32.8 Å². The highest BCUT2D eigenvalue weighted by Gasteiger charge is 2.27. The molecule has 0 spiro atoms. The van der Waals surface area contributed by atoms with Crippen molar-refractivity contribution in [1.29, 1.82) is 0 Å². The molecule has 1 amide bonds. The van der Waals surface area contributed by atoms with Gasteiger partial charge in [0.05, 0.1) is 19.0 Å². The summed E-state index contributed by atoms with van der Waals surface area (Å²) in [6.07, 6.45) is 4.35. The molecule has 0 unspecified atom stereocenters. The van der Waals surface area contributed by atoms with E-state index >= 15 is 0 Å². The summed E-state index contributed by atoms with van der Waals surface area (Å²) in [5.74, 6) is -0.0196. The van der Waals surface area contributed by atoms with Crippen molar-refractivity contribution in [1.82, 2.24) is 24.6 Å². The Morgan fingerprint density at radius 3 is 3.08 bits per heavy atom. The number of aromatic nitrogens is 4. The zero-order chi connectivity index (χ0) is 17.8. The first-order valence-corrected chi connectivity index (χ1v) is 8.52. The van der Waals surface area contributed by atoms with Crippen molar-refractivity contribution in [3.63, 3.8) is 0 Å². The first-order chi connectivity index (χ1) is 12.0. The van der Waals surface area contributed by atoms with Crippen molar-refractivity contribution in [2.75, 3.05) is 19.7 Å². The third kappa shape index (κ3) is 4.14. The van der Waals surface area contributed by atoms with Crippen LogP contribution in [0.15, 0.2) is 29.5 Å². The topological polar surface area (TPSA) is 93.1 Å². The van der Waals surface area contributed by atoms with E-state index in [0.717, 1.165) is 5.69 Å². The van der Waals surface area contributed by atoms with E-state index in [9.17, 15) is 9.59 Å². The lowest BCUT2D eigenvalue weighted by Gasteiger charge is -2.33. The molecule has 1 saturated heterocycles. The third-order valence-corrected chi connectivity index (χ3v) is 4.26. The lowest BCUT2D eigenvalue weighted by Crippen LogP contribution is -2.46. The number of hydrogen-bond donors (Lipinski definition) is 1. The lowest BCUT2D eigenvalue weighted by atomic mass is 10.1. The fourth-order valence-electron chi connectivity index (χ4n) is 2.99. The number of nitrogens with one attached hydrogen (secondary N) is 1. The monoisotopic (exact) mass is 345 g/mol. The summed E-state index contributed by atoms with van der Waals surface area (Å²) in [7, 11) is 0. The van der Waals surface area contributed by atoms with Crippen molar-refractivity contribution in [2.24, 2.45) is 0 Å². The maximum atomic E-state index is 12.8. The van der Waals surface area contributed by atoms with Crippen LogP contribution in [0, 0.1) is 0 Å². The fraction of sp³-hybridized carbons (Fsp3) is 0.529. The Labute approximate surface area is 145 Å². The van der Waals surface area contributed by atoms with Gasteiger partial charge in [0, 0.05) is 37.1 Å². The van der Waals surface area contributed by atoms with Crippen LogP contribution in [0.2, 0.25) is 0 Å². The van der Waals surface area contributed by atoms with Gasteiger partial charge in [0.25, 0.3) is 11.5 Å². The van der Waals surface area contributed by atoms with Gasteiger partial charge in [-0.1, -0.05) is 0 Å². The smallest absolute Gasteiger partial charge is 0.272 e. The van der Waals surface area contributed by atoms with Crippen molar-refractivity contribution >= 4 is 5.91 Å². The number of hydrogen-bond acceptors (Lipinski definition) is 5. The maximum Gasteiger partial charge on any atom is 0.272 e. The number of morpholine rings is 1. The summed E-state index contributed by atoms with van der Waals surface area (Å²) in [4.78, 5) is 32.6. The predicted molar refractivity (Wildman–Crippen MR) is 91.4 cm³/mol.